The summed E-state index contributed by atoms with van der Waals surface area (Å²) >= 11 is 0. The van der Waals surface area contributed by atoms with Crippen LogP contribution in [0.5, 0.6) is 0 Å². The average molecular weight is 243 g/mol. The van der Waals surface area contributed by atoms with E-state index >= 15 is 0 Å². The van der Waals surface area contributed by atoms with Gasteiger partial charge in [0.25, 0.3) is 0 Å². The molecule has 18 heavy (non-hydrogen) atoms. The number of hydrogen-bond acceptors (Lipinski definition) is 2. The summed E-state index contributed by atoms with van der Waals surface area (Å²) in [4.78, 5) is 12.1. The Morgan fingerprint density at radius 3 is 2.28 bits per heavy atom. The van der Waals surface area contributed by atoms with Crippen LogP contribution >= 0.6 is 0 Å². The molecule has 0 heterocycles. The van der Waals surface area contributed by atoms with Gasteiger partial charge in [-0.15, -0.1) is 0 Å². The highest BCUT2D eigenvalue weighted by atomic mass is 19.1. The van der Waals surface area contributed by atoms with Crippen molar-refractivity contribution in [2.75, 3.05) is 0 Å². The molecule has 92 valence electrons. The molecular formula is C15H14FNO. The zero-order valence-electron chi connectivity index (χ0n) is 10.1. The number of rotatable bonds is 3. The predicted molar refractivity (Wildman–Crippen MR) is 68.9 cm³/mol. The van der Waals surface area contributed by atoms with Crippen molar-refractivity contribution in [3.8, 4) is 0 Å². The topological polar surface area (TPSA) is 43.1 Å². The van der Waals surface area contributed by atoms with Crippen LogP contribution in [-0.4, -0.2) is 5.78 Å². The highest BCUT2D eigenvalue weighted by Gasteiger charge is 2.10. The zero-order valence-corrected chi connectivity index (χ0v) is 10.1. The molecule has 0 radical (unpaired) electrons. The Morgan fingerprint density at radius 1 is 1.11 bits per heavy atom. The molecule has 0 aliphatic rings. The molecule has 0 aliphatic carbocycles. The van der Waals surface area contributed by atoms with Gasteiger partial charge >= 0.3 is 0 Å². The predicted octanol–water partition coefficient (Wildman–Crippen LogP) is 2.82. The number of carbonyl (C=O) groups excluding carboxylic acids is 1. The number of halogens is 1. The molecule has 2 nitrogen and oxygen atoms in total. The van der Waals surface area contributed by atoms with Gasteiger partial charge in [0.05, 0.1) is 0 Å². The van der Waals surface area contributed by atoms with Crippen molar-refractivity contribution < 1.29 is 9.18 Å². The van der Waals surface area contributed by atoms with E-state index in [2.05, 4.69) is 0 Å². The van der Waals surface area contributed by atoms with Gasteiger partial charge < -0.3 is 5.73 Å². The Hall–Kier alpha value is -2.00. The van der Waals surface area contributed by atoms with Gasteiger partial charge in [0.1, 0.15) is 5.82 Å². The van der Waals surface area contributed by atoms with Gasteiger partial charge in [-0.25, -0.2) is 4.39 Å². The van der Waals surface area contributed by atoms with Gasteiger partial charge in [-0.2, -0.15) is 0 Å². The maximum atomic E-state index is 13.4. The molecule has 0 atom stereocenters. The minimum Gasteiger partial charge on any atom is -0.326 e. The molecule has 2 rings (SSSR count). The number of aryl methyl sites for hydroxylation is 1. The second-order valence-electron chi connectivity index (χ2n) is 4.19. The Kier molecular flexibility index (Phi) is 3.53. The van der Waals surface area contributed by atoms with E-state index in [9.17, 15) is 9.18 Å². The third-order valence-corrected chi connectivity index (χ3v) is 2.89. The highest BCUT2D eigenvalue weighted by molar-refractivity contribution is 6.09. The third kappa shape index (κ3) is 2.46. The summed E-state index contributed by atoms with van der Waals surface area (Å²) in [6.45, 7) is 2.10. The van der Waals surface area contributed by atoms with Crippen molar-refractivity contribution in [2.45, 2.75) is 13.5 Å². The van der Waals surface area contributed by atoms with E-state index in [-0.39, 0.29) is 11.6 Å². The summed E-state index contributed by atoms with van der Waals surface area (Å²) in [6, 6.07) is 11.5. The van der Waals surface area contributed by atoms with Crippen LogP contribution in [0.1, 0.15) is 27.0 Å². The summed E-state index contributed by atoms with van der Waals surface area (Å²) in [5.41, 5.74) is 7.88. The van der Waals surface area contributed by atoms with Gasteiger partial charge in [0, 0.05) is 17.7 Å². The maximum absolute atomic E-state index is 13.4. The SMILES string of the molecule is Cc1ccc(C(=O)c2ccc(CN)cc2)cc1F. The molecule has 0 bridgehead atoms. The van der Waals surface area contributed by atoms with Gasteiger partial charge in [0.15, 0.2) is 5.78 Å². The molecule has 0 saturated heterocycles. The molecular weight excluding hydrogens is 229 g/mol. The molecule has 0 unspecified atom stereocenters. The van der Waals surface area contributed by atoms with Crippen LogP contribution in [0.2, 0.25) is 0 Å². The van der Waals surface area contributed by atoms with Crippen LogP contribution in [0, 0.1) is 12.7 Å². The van der Waals surface area contributed by atoms with Crippen molar-refractivity contribution in [1.82, 2.24) is 0 Å². The lowest BCUT2D eigenvalue weighted by molar-refractivity contribution is 0.103. The Bertz CT molecular complexity index is 576. The minimum absolute atomic E-state index is 0.183. The molecule has 0 spiro atoms. The molecule has 0 aliphatic heterocycles. The minimum atomic E-state index is -0.362. The van der Waals surface area contributed by atoms with Crippen LogP contribution in [0.4, 0.5) is 4.39 Å². The van der Waals surface area contributed by atoms with E-state index in [1.54, 1.807) is 43.3 Å². The maximum Gasteiger partial charge on any atom is 0.193 e. The van der Waals surface area contributed by atoms with E-state index in [1.165, 1.54) is 6.07 Å². The fourth-order valence-corrected chi connectivity index (χ4v) is 1.69. The van der Waals surface area contributed by atoms with E-state index in [1.807, 2.05) is 0 Å². The normalized spacial score (nSPS) is 10.4. The Labute approximate surface area is 105 Å². The smallest absolute Gasteiger partial charge is 0.193 e. The summed E-state index contributed by atoms with van der Waals surface area (Å²) in [6.07, 6.45) is 0. The van der Waals surface area contributed by atoms with Crippen LogP contribution in [-0.2, 0) is 6.54 Å². The van der Waals surface area contributed by atoms with Crippen molar-refractivity contribution >= 4 is 5.78 Å². The van der Waals surface area contributed by atoms with E-state index < -0.39 is 0 Å². The van der Waals surface area contributed by atoms with Crippen LogP contribution < -0.4 is 5.73 Å². The van der Waals surface area contributed by atoms with Gasteiger partial charge in [-0.05, 0) is 24.1 Å². The fourth-order valence-electron chi connectivity index (χ4n) is 1.69. The number of hydrogen-bond donors (Lipinski definition) is 1. The van der Waals surface area contributed by atoms with Gasteiger partial charge in [-0.1, -0.05) is 36.4 Å². The molecule has 2 aromatic carbocycles. The lowest BCUT2D eigenvalue weighted by Crippen LogP contribution is -2.03. The molecule has 2 N–H and O–H groups in total. The van der Waals surface area contributed by atoms with E-state index in [0.717, 1.165) is 5.56 Å². The first-order valence-corrected chi connectivity index (χ1v) is 5.71. The van der Waals surface area contributed by atoms with Crippen molar-refractivity contribution in [3.63, 3.8) is 0 Å². The standard InChI is InChI=1S/C15H14FNO/c1-10-2-5-13(8-14(10)16)15(18)12-6-3-11(9-17)4-7-12/h2-8H,9,17H2,1H3. The van der Waals surface area contributed by atoms with Crippen LogP contribution in [0.25, 0.3) is 0 Å². The van der Waals surface area contributed by atoms with E-state index in [4.69, 9.17) is 5.73 Å². The first-order valence-electron chi connectivity index (χ1n) is 5.71. The lowest BCUT2D eigenvalue weighted by Gasteiger charge is -2.04. The Morgan fingerprint density at radius 2 is 1.72 bits per heavy atom. The van der Waals surface area contributed by atoms with E-state index in [0.29, 0.717) is 23.2 Å². The second kappa shape index (κ2) is 5.10. The van der Waals surface area contributed by atoms with Gasteiger partial charge in [-0.3, -0.25) is 4.79 Å². The number of carbonyl (C=O) groups is 1. The third-order valence-electron chi connectivity index (χ3n) is 2.89. The lowest BCUT2D eigenvalue weighted by atomic mass is 10.0. The number of ketones is 1. The van der Waals surface area contributed by atoms with Crippen molar-refractivity contribution in [3.05, 3.63) is 70.5 Å². The number of nitrogens with two attached hydrogens (primary N) is 1. The molecule has 0 aromatic heterocycles. The second-order valence-corrected chi connectivity index (χ2v) is 4.19. The average Bonchev–Trinajstić information content (AvgIpc) is 2.41. The summed E-state index contributed by atoms with van der Waals surface area (Å²) in [5.74, 6) is -0.545. The van der Waals surface area contributed by atoms with Crippen molar-refractivity contribution in [1.29, 1.82) is 0 Å². The molecule has 0 fully saturated rings. The zero-order chi connectivity index (χ0) is 13.1. The molecule has 3 heteroatoms. The first kappa shape index (κ1) is 12.5. The first-order chi connectivity index (χ1) is 8.61. The Balaban J connectivity index is 2.32. The monoisotopic (exact) mass is 243 g/mol. The van der Waals surface area contributed by atoms with Crippen molar-refractivity contribution in [2.24, 2.45) is 5.73 Å². The summed E-state index contributed by atoms with van der Waals surface area (Å²) in [7, 11) is 0. The van der Waals surface area contributed by atoms with Crippen LogP contribution in [0.15, 0.2) is 42.5 Å². The summed E-state index contributed by atoms with van der Waals surface area (Å²) in [5, 5.41) is 0. The quantitative estimate of drug-likeness (QED) is 0.842. The summed E-state index contributed by atoms with van der Waals surface area (Å²) < 4.78 is 13.4. The molecule has 0 saturated carbocycles. The molecule has 0 amide bonds. The van der Waals surface area contributed by atoms with Crippen LogP contribution in [0.3, 0.4) is 0 Å². The molecule has 2 aromatic rings. The highest BCUT2D eigenvalue weighted by Crippen LogP contribution is 2.14. The fraction of sp³-hybridized carbons (Fsp3) is 0.133. The number of benzene rings is 2. The largest absolute Gasteiger partial charge is 0.326 e. The van der Waals surface area contributed by atoms with Gasteiger partial charge in [0.2, 0.25) is 0 Å².